The van der Waals surface area contributed by atoms with Crippen LogP contribution in [0.5, 0.6) is 0 Å². The Morgan fingerprint density at radius 2 is 2.28 bits per heavy atom. The summed E-state index contributed by atoms with van der Waals surface area (Å²) in [6, 6.07) is 5.83. The molecule has 4 nitrogen and oxygen atoms in total. The van der Waals surface area contributed by atoms with Crippen molar-refractivity contribution in [2.45, 2.75) is 18.7 Å². The van der Waals surface area contributed by atoms with Gasteiger partial charge in [-0.3, -0.25) is 4.79 Å². The summed E-state index contributed by atoms with van der Waals surface area (Å²) in [6.45, 7) is 4.86. The van der Waals surface area contributed by atoms with Crippen LogP contribution in [0.3, 0.4) is 0 Å². The van der Waals surface area contributed by atoms with E-state index in [0.29, 0.717) is 6.54 Å². The van der Waals surface area contributed by atoms with E-state index in [1.165, 1.54) is 4.90 Å². The van der Waals surface area contributed by atoms with E-state index in [9.17, 15) is 9.90 Å². The molecule has 18 heavy (non-hydrogen) atoms. The van der Waals surface area contributed by atoms with Crippen molar-refractivity contribution in [3.8, 4) is 0 Å². The molecule has 0 saturated carbocycles. The lowest BCUT2D eigenvalue weighted by Gasteiger charge is -2.35. The van der Waals surface area contributed by atoms with Crippen molar-refractivity contribution in [1.82, 2.24) is 0 Å². The lowest BCUT2D eigenvalue weighted by molar-refractivity contribution is -0.146. The molecule has 0 amide bonds. The van der Waals surface area contributed by atoms with Crippen molar-refractivity contribution in [3.63, 3.8) is 0 Å². The molecule has 5 heteroatoms. The molecule has 0 saturated heterocycles. The molecular weight excluding hydrogens is 248 g/mol. The molecule has 0 atom stereocenters. The number of benzene rings is 1. The molecule has 2 rings (SSSR count). The molecule has 0 aliphatic carbocycles. The van der Waals surface area contributed by atoms with Crippen molar-refractivity contribution in [1.29, 1.82) is 0 Å². The molecule has 0 radical (unpaired) electrons. The van der Waals surface area contributed by atoms with Gasteiger partial charge >= 0.3 is 5.97 Å². The monoisotopic (exact) mass is 266 g/mol. The van der Waals surface area contributed by atoms with Crippen LogP contribution in [0.2, 0.25) is 0 Å². The summed E-state index contributed by atoms with van der Waals surface area (Å²) >= 11 is 1.79. The molecule has 1 heterocycles. The molecule has 0 aromatic heterocycles. The average molecular weight is 266 g/mol. The first-order valence-electron chi connectivity index (χ1n) is 5.91. The van der Waals surface area contributed by atoms with Crippen molar-refractivity contribution >= 4 is 29.1 Å². The molecule has 0 fully saturated rings. The van der Waals surface area contributed by atoms with E-state index >= 15 is 0 Å². The van der Waals surface area contributed by atoms with Crippen molar-refractivity contribution < 1.29 is 9.90 Å². The van der Waals surface area contributed by atoms with Gasteiger partial charge in [-0.15, -0.1) is 11.8 Å². The first-order valence-corrected chi connectivity index (χ1v) is 6.89. The summed E-state index contributed by atoms with van der Waals surface area (Å²) in [5.74, 6) is 0.207. The Morgan fingerprint density at radius 1 is 1.56 bits per heavy atom. The number of nitrogens with zero attached hydrogens (tertiary/aromatic N) is 1. The quantitative estimate of drug-likeness (QED) is 0.822. The highest BCUT2D eigenvalue weighted by Crippen LogP contribution is 2.37. The van der Waals surface area contributed by atoms with E-state index in [2.05, 4.69) is 4.90 Å². The fourth-order valence-corrected chi connectivity index (χ4v) is 3.03. The standard InChI is InChI=1S/C13H18N2O2S/c1-13(2,12(16)17)8-15-5-6-18-11-4-3-9(14)7-10(11)15/h3-4,7H,5-6,8,14H2,1-2H3,(H,16,17). The summed E-state index contributed by atoms with van der Waals surface area (Å²) in [5.41, 5.74) is 6.83. The number of carbonyl (C=O) groups is 1. The van der Waals surface area contributed by atoms with Gasteiger partial charge in [0.25, 0.3) is 0 Å². The Balaban J connectivity index is 2.27. The number of aliphatic carboxylic acids is 1. The summed E-state index contributed by atoms with van der Waals surface area (Å²) in [7, 11) is 0. The van der Waals surface area contributed by atoms with Crippen molar-refractivity contribution in [2.75, 3.05) is 29.5 Å². The second-order valence-corrected chi connectivity index (χ2v) is 6.32. The average Bonchev–Trinajstić information content (AvgIpc) is 2.29. The maximum Gasteiger partial charge on any atom is 0.310 e. The summed E-state index contributed by atoms with van der Waals surface area (Å²) in [4.78, 5) is 14.5. The zero-order chi connectivity index (χ0) is 13.3. The van der Waals surface area contributed by atoms with Crippen molar-refractivity contribution in [2.24, 2.45) is 5.41 Å². The molecule has 98 valence electrons. The predicted molar refractivity (Wildman–Crippen MR) is 75.2 cm³/mol. The van der Waals surface area contributed by atoms with E-state index in [-0.39, 0.29) is 0 Å². The topological polar surface area (TPSA) is 66.6 Å². The zero-order valence-corrected chi connectivity index (χ0v) is 11.5. The van der Waals surface area contributed by atoms with Crippen LogP contribution < -0.4 is 10.6 Å². The number of carboxylic acids is 1. The van der Waals surface area contributed by atoms with Crippen LogP contribution in [0.1, 0.15) is 13.8 Å². The molecule has 0 spiro atoms. The number of hydrogen-bond donors (Lipinski definition) is 2. The highest BCUT2D eigenvalue weighted by atomic mass is 32.2. The minimum Gasteiger partial charge on any atom is -0.481 e. The number of nitrogen functional groups attached to an aromatic ring is 1. The fraction of sp³-hybridized carbons (Fsp3) is 0.462. The first kappa shape index (κ1) is 13.1. The maximum absolute atomic E-state index is 11.2. The smallest absolute Gasteiger partial charge is 0.310 e. The third-order valence-electron chi connectivity index (χ3n) is 3.11. The van der Waals surface area contributed by atoms with Crippen LogP contribution >= 0.6 is 11.8 Å². The Labute approximate surface area is 111 Å². The lowest BCUT2D eigenvalue weighted by Crippen LogP contribution is -2.41. The van der Waals surface area contributed by atoms with Crippen molar-refractivity contribution in [3.05, 3.63) is 18.2 Å². The Bertz CT molecular complexity index is 474. The largest absolute Gasteiger partial charge is 0.481 e. The first-order chi connectivity index (χ1) is 8.40. The number of carboxylic acid groups (broad SMARTS) is 1. The fourth-order valence-electron chi connectivity index (χ4n) is 2.00. The number of anilines is 2. The van der Waals surface area contributed by atoms with Gasteiger partial charge < -0.3 is 15.7 Å². The minimum absolute atomic E-state index is 0.499. The summed E-state index contributed by atoms with van der Waals surface area (Å²) in [6.07, 6.45) is 0. The van der Waals surface area contributed by atoms with Crippen LogP contribution in [0.25, 0.3) is 0 Å². The Hall–Kier alpha value is -1.36. The molecule has 0 bridgehead atoms. The maximum atomic E-state index is 11.2. The van der Waals surface area contributed by atoms with Gasteiger partial charge in [0.05, 0.1) is 11.1 Å². The van der Waals surface area contributed by atoms with E-state index in [4.69, 9.17) is 5.73 Å². The number of thioether (sulfide) groups is 1. The second kappa shape index (κ2) is 4.72. The normalized spacial score (nSPS) is 15.3. The number of rotatable bonds is 3. The second-order valence-electron chi connectivity index (χ2n) is 5.19. The van der Waals surface area contributed by atoms with Gasteiger partial charge in [0.1, 0.15) is 0 Å². The van der Waals surface area contributed by atoms with Gasteiger partial charge in [0.2, 0.25) is 0 Å². The molecule has 1 aromatic carbocycles. The number of nitrogens with two attached hydrogens (primary N) is 1. The van der Waals surface area contributed by atoms with E-state index < -0.39 is 11.4 Å². The van der Waals surface area contributed by atoms with E-state index in [1.807, 2.05) is 18.2 Å². The van der Waals surface area contributed by atoms with Crippen LogP contribution in [-0.2, 0) is 4.79 Å². The van der Waals surface area contributed by atoms with Gasteiger partial charge in [-0.2, -0.15) is 0 Å². The zero-order valence-electron chi connectivity index (χ0n) is 10.6. The minimum atomic E-state index is -0.772. The van der Waals surface area contributed by atoms with Gasteiger partial charge in [-0.05, 0) is 32.0 Å². The molecule has 3 N–H and O–H groups in total. The predicted octanol–water partition coefficient (Wildman–Crippen LogP) is 2.29. The van der Waals surface area contributed by atoms with Crippen LogP contribution in [0, 0.1) is 5.41 Å². The third-order valence-corrected chi connectivity index (χ3v) is 4.15. The molecular formula is C13H18N2O2S. The van der Waals surface area contributed by atoms with E-state index in [1.54, 1.807) is 25.6 Å². The highest BCUT2D eigenvalue weighted by molar-refractivity contribution is 7.99. The van der Waals surface area contributed by atoms with Gasteiger partial charge in [0.15, 0.2) is 0 Å². The number of hydrogen-bond acceptors (Lipinski definition) is 4. The molecule has 1 aromatic rings. The lowest BCUT2D eigenvalue weighted by atomic mass is 9.93. The number of fused-ring (bicyclic) bond motifs is 1. The highest BCUT2D eigenvalue weighted by Gasteiger charge is 2.31. The third kappa shape index (κ3) is 2.56. The summed E-state index contributed by atoms with van der Waals surface area (Å²) in [5, 5.41) is 9.22. The van der Waals surface area contributed by atoms with Crippen LogP contribution in [0.4, 0.5) is 11.4 Å². The van der Waals surface area contributed by atoms with Gasteiger partial charge in [0, 0.05) is 29.4 Å². The van der Waals surface area contributed by atoms with Gasteiger partial charge in [-0.1, -0.05) is 0 Å². The van der Waals surface area contributed by atoms with Gasteiger partial charge in [-0.25, -0.2) is 0 Å². The molecule has 0 unspecified atom stereocenters. The van der Waals surface area contributed by atoms with Crippen LogP contribution in [-0.4, -0.2) is 29.9 Å². The Morgan fingerprint density at radius 3 is 2.94 bits per heavy atom. The molecule has 1 aliphatic rings. The SMILES string of the molecule is CC(C)(CN1CCSc2ccc(N)cc21)C(=O)O. The Kier molecular flexibility index (Phi) is 3.43. The van der Waals surface area contributed by atoms with E-state index in [0.717, 1.165) is 23.7 Å². The molecule has 1 aliphatic heterocycles. The summed E-state index contributed by atoms with van der Waals surface area (Å²) < 4.78 is 0. The van der Waals surface area contributed by atoms with Crippen LogP contribution in [0.15, 0.2) is 23.1 Å².